The van der Waals surface area contributed by atoms with Crippen LogP contribution in [0.4, 0.5) is 0 Å². The fourth-order valence-electron chi connectivity index (χ4n) is 10.4. The van der Waals surface area contributed by atoms with Gasteiger partial charge in [0, 0.05) is 0 Å². The average Bonchev–Trinajstić information content (AvgIpc) is 3.32. The summed E-state index contributed by atoms with van der Waals surface area (Å²) in [6, 6.07) is 53.3. The van der Waals surface area contributed by atoms with Crippen molar-refractivity contribution in [1.82, 2.24) is 0 Å². The summed E-state index contributed by atoms with van der Waals surface area (Å²) in [6.07, 6.45) is 11.8. The van der Waals surface area contributed by atoms with Crippen LogP contribution in [0, 0.1) is 34.6 Å². The molecule has 0 amide bonds. The second kappa shape index (κ2) is 19.7. The number of rotatable bonds is 8. The molecule has 0 saturated carbocycles. The van der Waals surface area contributed by atoms with Crippen LogP contribution in [-0.2, 0) is 32.1 Å². The molecular weight excluding hydrogens is 769 g/mol. The summed E-state index contributed by atoms with van der Waals surface area (Å²) in [5.74, 6) is 0. The zero-order valence-corrected chi connectivity index (χ0v) is 39.9. The van der Waals surface area contributed by atoms with Gasteiger partial charge in [-0.2, -0.15) is 0 Å². The standard InChI is InChI=1S/C59H52.C3H8.C2H6/c1-37-26-27-44(56-22-12-8-18-52(37)56)31-48-33-46(40(4)54-20-10-13-23-57(48)54)35-50-36-47(41(5)55-21-11-15-25-59(50)55)34-49-32-45(39(3)53-19-9-14-24-58(49)53)30-42-28-38(2)51-17-7-6-16-43(51)29-42;1-3-2;1-2/h7-15,17-29,32-33,36H,6,16,30-31,34-35H2,1-5H3;3H2,1-2H3;1-2H3. The van der Waals surface area contributed by atoms with Crippen molar-refractivity contribution >= 4 is 49.2 Å². The average molecular weight is 835 g/mol. The normalized spacial score (nSPS) is 12.0. The Labute approximate surface area is 383 Å². The van der Waals surface area contributed by atoms with Crippen molar-refractivity contribution in [3.05, 3.63) is 229 Å². The third-order valence-electron chi connectivity index (χ3n) is 13.7. The van der Waals surface area contributed by atoms with Gasteiger partial charge in [-0.25, -0.2) is 0 Å². The molecule has 0 spiro atoms. The predicted octanol–water partition coefficient (Wildman–Crippen LogP) is 17.6. The summed E-state index contributed by atoms with van der Waals surface area (Å²) in [4.78, 5) is 0. The highest BCUT2D eigenvalue weighted by Gasteiger charge is 2.18. The van der Waals surface area contributed by atoms with E-state index in [-0.39, 0.29) is 0 Å². The molecule has 0 N–H and O–H groups in total. The molecule has 322 valence electrons. The third kappa shape index (κ3) is 8.81. The Hall–Kier alpha value is -6.24. The van der Waals surface area contributed by atoms with Crippen LogP contribution in [0.15, 0.2) is 146 Å². The van der Waals surface area contributed by atoms with Gasteiger partial charge in [0.05, 0.1) is 0 Å². The fourth-order valence-corrected chi connectivity index (χ4v) is 10.4. The molecule has 0 heterocycles. The van der Waals surface area contributed by atoms with Crippen LogP contribution < -0.4 is 0 Å². The monoisotopic (exact) mass is 835 g/mol. The maximum absolute atomic E-state index is 2.55. The number of allylic oxidation sites excluding steroid dienone is 1. The molecule has 1 aliphatic carbocycles. The van der Waals surface area contributed by atoms with Crippen molar-refractivity contribution in [3.63, 3.8) is 0 Å². The first-order valence-electron chi connectivity index (χ1n) is 24.0. The van der Waals surface area contributed by atoms with Gasteiger partial charge >= 0.3 is 0 Å². The second-order valence-corrected chi connectivity index (χ2v) is 18.0. The first-order chi connectivity index (χ1) is 31.2. The molecule has 9 aromatic carbocycles. The first kappa shape index (κ1) is 44.4. The van der Waals surface area contributed by atoms with Crippen LogP contribution in [0.5, 0.6) is 0 Å². The highest BCUT2D eigenvalue weighted by atomic mass is 14.2. The summed E-state index contributed by atoms with van der Waals surface area (Å²) in [6.45, 7) is 19.8. The highest BCUT2D eigenvalue weighted by molar-refractivity contribution is 5.95. The number of hydrogen-bond acceptors (Lipinski definition) is 0. The van der Waals surface area contributed by atoms with Crippen molar-refractivity contribution < 1.29 is 0 Å². The van der Waals surface area contributed by atoms with Crippen molar-refractivity contribution in [3.8, 4) is 0 Å². The smallest absolute Gasteiger partial charge is 0.00133 e. The zero-order chi connectivity index (χ0) is 44.9. The van der Waals surface area contributed by atoms with Crippen molar-refractivity contribution in [2.24, 2.45) is 0 Å². The van der Waals surface area contributed by atoms with Crippen molar-refractivity contribution in [2.75, 3.05) is 0 Å². The number of fused-ring (bicyclic) bond motifs is 5. The third-order valence-corrected chi connectivity index (χ3v) is 13.7. The van der Waals surface area contributed by atoms with Gasteiger partial charge in [-0.1, -0.05) is 186 Å². The molecule has 0 atom stereocenters. The van der Waals surface area contributed by atoms with E-state index >= 15 is 0 Å². The van der Waals surface area contributed by atoms with Crippen LogP contribution in [0.25, 0.3) is 49.2 Å². The van der Waals surface area contributed by atoms with Crippen LogP contribution in [0.1, 0.15) is 124 Å². The molecule has 0 unspecified atom stereocenters. The topological polar surface area (TPSA) is 0 Å². The minimum absolute atomic E-state index is 0.888. The lowest BCUT2D eigenvalue weighted by molar-refractivity contribution is 0.971. The van der Waals surface area contributed by atoms with E-state index in [0.717, 1.165) is 38.5 Å². The molecule has 0 bridgehead atoms. The van der Waals surface area contributed by atoms with Gasteiger partial charge in [0.25, 0.3) is 0 Å². The highest BCUT2D eigenvalue weighted by Crippen LogP contribution is 2.37. The van der Waals surface area contributed by atoms with Crippen LogP contribution >= 0.6 is 0 Å². The van der Waals surface area contributed by atoms with Crippen molar-refractivity contribution in [1.29, 1.82) is 0 Å². The van der Waals surface area contributed by atoms with Crippen LogP contribution in [-0.4, -0.2) is 0 Å². The Kier molecular flexibility index (Phi) is 13.6. The van der Waals surface area contributed by atoms with E-state index in [0.29, 0.717) is 0 Å². The molecular formula is C64H66. The summed E-state index contributed by atoms with van der Waals surface area (Å²) in [5.41, 5.74) is 21.1. The lowest BCUT2D eigenvalue weighted by atomic mass is 9.84. The van der Waals surface area contributed by atoms with E-state index in [9.17, 15) is 0 Å². The molecule has 10 rings (SSSR count). The quantitative estimate of drug-likeness (QED) is 0.143. The summed E-state index contributed by atoms with van der Waals surface area (Å²) in [5, 5.41) is 10.9. The van der Waals surface area contributed by atoms with E-state index < -0.39 is 0 Å². The van der Waals surface area contributed by atoms with Gasteiger partial charge in [0.15, 0.2) is 0 Å². The van der Waals surface area contributed by atoms with E-state index in [2.05, 4.69) is 200 Å². The maximum Gasteiger partial charge on any atom is -0.00133 e. The number of benzene rings is 9. The minimum atomic E-state index is 0.888. The molecule has 0 saturated heterocycles. The van der Waals surface area contributed by atoms with E-state index in [1.54, 1.807) is 0 Å². The second-order valence-electron chi connectivity index (χ2n) is 18.0. The van der Waals surface area contributed by atoms with Gasteiger partial charge in [-0.15, -0.1) is 0 Å². The SMILES string of the molecule is CC.CCC.Cc1cc(Cc2cc(Cc3cc(Cc4cc(Cc5ccc(C)c6ccccc56)c5ccccc5c4C)c4ccccc4c3C)c3ccccc3c2C)cc2c1C=CCC2. The van der Waals surface area contributed by atoms with Gasteiger partial charge in [0.1, 0.15) is 0 Å². The Morgan fingerprint density at radius 3 is 1.23 bits per heavy atom. The van der Waals surface area contributed by atoms with Gasteiger partial charge < -0.3 is 0 Å². The molecule has 0 nitrogen and oxygen atoms in total. The predicted molar refractivity (Wildman–Crippen MR) is 282 cm³/mol. The van der Waals surface area contributed by atoms with E-state index in [4.69, 9.17) is 0 Å². The Bertz CT molecular complexity index is 3170. The molecule has 0 aliphatic heterocycles. The molecule has 1 aliphatic rings. The lowest BCUT2D eigenvalue weighted by Crippen LogP contribution is -2.04. The molecule has 0 radical (unpaired) electrons. The molecule has 0 fully saturated rings. The summed E-state index contributed by atoms with van der Waals surface area (Å²) in [7, 11) is 0. The van der Waals surface area contributed by atoms with Gasteiger partial charge in [-0.3, -0.25) is 0 Å². The Morgan fingerprint density at radius 2 is 0.766 bits per heavy atom. The fraction of sp³-hybridized carbons (Fsp3) is 0.250. The summed E-state index contributed by atoms with van der Waals surface area (Å²) < 4.78 is 0. The molecule has 0 heteroatoms. The first-order valence-corrected chi connectivity index (χ1v) is 24.0. The lowest BCUT2D eigenvalue weighted by Gasteiger charge is -2.20. The zero-order valence-electron chi connectivity index (χ0n) is 39.9. The van der Waals surface area contributed by atoms with E-state index in [1.165, 1.54) is 133 Å². The maximum atomic E-state index is 2.55. The van der Waals surface area contributed by atoms with Crippen LogP contribution in [0.2, 0.25) is 0 Å². The molecule has 64 heavy (non-hydrogen) atoms. The van der Waals surface area contributed by atoms with Crippen LogP contribution in [0.3, 0.4) is 0 Å². The van der Waals surface area contributed by atoms with Gasteiger partial charge in [-0.05, 0) is 200 Å². The Balaban J connectivity index is 0.00000108. The minimum Gasteiger partial charge on any atom is -0.0836 e. The molecule has 0 aromatic heterocycles. The largest absolute Gasteiger partial charge is 0.0836 e. The Morgan fingerprint density at radius 1 is 0.375 bits per heavy atom. The van der Waals surface area contributed by atoms with E-state index in [1.807, 2.05) is 13.8 Å². The number of hydrogen-bond donors (Lipinski definition) is 0. The number of aryl methyl sites for hydroxylation is 6. The summed E-state index contributed by atoms with van der Waals surface area (Å²) >= 11 is 0. The van der Waals surface area contributed by atoms with Gasteiger partial charge in [0.2, 0.25) is 0 Å². The van der Waals surface area contributed by atoms with Crippen molar-refractivity contribution in [2.45, 2.75) is 107 Å². The molecule has 9 aromatic rings.